The molecule has 1 aliphatic rings. The van der Waals surface area contributed by atoms with E-state index in [1.807, 2.05) is 26.8 Å². The second-order valence-electron chi connectivity index (χ2n) is 7.38. The van der Waals surface area contributed by atoms with Crippen LogP contribution in [0.3, 0.4) is 0 Å². The maximum atomic E-state index is 12.1. The first kappa shape index (κ1) is 16.8. The van der Waals surface area contributed by atoms with Crippen LogP contribution in [0.15, 0.2) is 24.3 Å². The van der Waals surface area contributed by atoms with E-state index in [1.54, 1.807) is 4.90 Å². The summed E-state index contributed by atoms with van der Waals surface area (Å²) in [6.07, 6.45) is 0.577. The number of likely N-dealkylation sites (tertiary alicyclic amines) is 1. The van der Waals surface area contributed by atoms with Crippen LogP contribution in [-0.2, 0) is 16.1 Å². The van der Waals surface area contributed by atoms with E-state index in [4.69, 9.17) is 9.47 Å². The molecule has 0 N–H and O–H groups in total. The molecule has 1 fully saturated rings. The van der Waals surface area contributed by atoms with E-state index in [0.717, 1.165) is 12.0 Å². The molecule has 2 rings (SSSR count). The van der Waals surface area contributed by atoms with E-state index in [9.17, 15) is 4.79 Å². The van der Waals surface area contributed by atoms with Crippen LogP contribution in [-0.4, -0.2) is 35.3 Å². The van der Waals surface area contributed by atoms with Crippen molar-refractivity contribution < 1.29 is 14.3 Å². The average molecular weight is 305 g/mol. The van der Waals surface area contributed by atoms with Gasteiger partial charge in [-0.05, 0) is 46.6 Å². The van der Waals surface area contributed by atoms with Gasteiger partial charge >= 0.3 is 6.09 Å². The van der Waals surface area contributed by atoms with Gasteiger partial charge in [0.25, 0.3) is 0 Å². The van der Waals surface area contributed by atoms with Crippen LogP contribution < -0.4 is 0 Å². The zero-order valence-electron chi connectivity index (χ0n) is 14.3. The Balaban J connectivity index is 1.89. The van der Waals surface area contributed by atoms with Crippen LogP contribution in [0.25, 0.3) is 0 Å². The first-order valence-electron chi connectivity index (χ1n) is 7.84. The Hall–Kier alpha value is -1.55. The second kappa shape index (κ2) is 6.29. The highest BCUT2D eigenvalue weighted by atomic mass is 16.6. The summed E-state index contributed by atoms with van der Waals surface area (Å²) in [6, 6.07) is 8.31. The number of aryl methyl sites for hydroxylation is 1. The van der Waals surface area contributed by atoms with E-state index in [2.05, 4.69) is 32.0 Å². The summed E-state index contributed by atoms with van der Waals surface area (Å²) in [4.78, 5) is 13.9. The van der Waals surface area contributed by atoms with Crippen molar-refractivity contribution >= 4 is 6.09 Å². The Kier molecular flexibility index (Phi) is 4.81. The molecule has 0 spiro atoms. The highest BCUT2D eigenvalue weighted by Gasteiger charge is 2.38. The smallest absolute Gasteiger partial charge is 0.410 e. The predicted octanol–water partition coefficient (Wildman–Crippen LogP) is 3.91. The quantitative estimate of drug-likeness (QED) is 0.850. The standard InChI is InChI=1S/C18H27NO3/c1-14-7-6-8-15(11-14)12-21-18(5)9-10-19(13-18)16(20)22-17(2,3)4/h6-8,11H,9-10,12-13H2,1-5H3. The molecule has 1 amide bonds. The fraction of sp³-hybridized carbons (Fsp3) is 0.611. The summed E-state index contributed by atoms with van der Waals surface area (Å²) in [5, 5.41) is 0. The summed E-state index contributed by atoms with van der Waals surface area (Å²) in [6.45, 7) is 11.6. The Bertz CT molecular complexity index is 535. The van der Waals surface area contributed by atoms with Gasteiger partial charge in [0, 0.05) is 6.54 Å². The molecule has 1 aliphatic heterocycles. The van der Waals surface area contributed by atoms with Crippen LogP contribution in [0.1, 0.15) is 45.2 Å². The first-order valence-corrected chi connectivity index (χ1v) is 7.84. The minimum absolute atomic E-state index is 0.254. The molecule has 1 aromatic carbocycles. The highest BCUT2D eigenvalue weighted by Crippen LogP contribution is 2.27. The summed E-state index contributed by atoms with van der Waals surface area (Å²) >= 11 is 0. The third kappa shape index (κ3) is 4.73. The molecule has 4 heteroatoms. The molecule has 1 aromatic rings. The molecular formula is C18H27NO3. The highest BCUT2D eigenvalue weighted by molar-refractivity contribution is 5.68. The number of benzene rings is 1. The second-order valence-corrected chi connectivity index (χ2v) is 7.38. The van der Waals surface area contributed by atoms with E-state index in [1.165, 1.54) is 5.56 Å². The number of carbonyl (C=O) groups is 1. The van der Waals surface area contributed by atoms with Gasteiger partial charge in [-0.3, -0.25) is 0 Å². The van der Waals surface area contributed by atoms with Crippen molar-refractivity contribution in [3.63, 3.8) is 0 Å². The summed E-state index contributed by atoms with van der Waals surface area (Å²) in [7, 11) is 0. The van der Waals surface area contributed by atoms with Gasteiger partial charge in [0.15, 0.2) is 0 Å². The number of ether oxygens (including phenoxy) is 2. The minimum atomic E-state index is -0.460. The molecule has 0 aliphatic carbocycles. The molecule has 0 radical (unpaired) electrons. The topological polar surface area (TPSA) is 38.8 Å². The largest absolute Gasteiger partial charge is 0.444 e. The number of hydrogen-bond donors (Lipinski definition) is 0. The molecule has 1 saturated heterocycles. The Morgan fingerprint density at radius 1 is 1.36 bits per heavy atom. The fourth-order valence-electron chi connectivity index (χ4n) is 2.59. The van der Waals surface area contributed by atoms with Crippen molar-refractivity contribution in [2.24, 2.45) is 0 Å². The summed E-state index contributed by atoms with van der Waals surface area (Å²) < 4.78 is 11.5. The van der Waals surface area contributed by atoms with E-state index < -0.39 is 5.60 Å². The predicted molar refractivity (Wildman–Crippen MR) is 86.8 cm³/mol. The Labute approximate surface area is 133 Å². The lowest BCUT2D eigenvalue weighted by molar-refractivity contribution is -0.0374. The van der Waals surface area contributed by atoms with E-state index in [-0.39, 0.29) is 11.7 Å². The third-order valence-corrected chi connectivity index (χ3v) is 3.76. The lowest BCUT2D eigenvalue weighted by Gasteiger charge is -2.27. The van der Waals surface area contributed by atoms with Crippen LogP contribution in [0, 0.1) is 6.92 Å². The zero-order valence-corrected chi connectivity index (χ0v) is 14.3. The Morgan fingerprint density at radius 2 is 2.09 bits per heavy atom. The molecule has 0 aromatic heterocycles. The number of amides is 1. The molecule has 1 heterocycles. The lowest BCUT2D eigenvalue weighted by Crippen LogP contribution is -2.39. The Morgan fingerprint density at radius 3 is 2.73 bits per heavy atom. The van der Waals surface area contributed by atoms with Crippen LogP contribution >= 0.6 is 0 Å². The molecule has 22 heavy (non-hydrogen) atoms. The maximum absolute atomic E-state index is 12.1. The van der Waals surface area contributed by atoms with Crippen molar-refractivity contribution in [3.05, 3.63) is 35.4 Å². The number of hydrogen-bond acceptors (Lipinski definition) is 3. The van der Waals surface area contributed by atoms with Crippen molar-refractivity contribution in [1.29, 1.82) is 0 Å². The molecule has 1 atom stereocenters. The van der Waals surface area contributed by atoms with Crippen molar-refractivity contribution in [3.8, 4) is 0 Å². The molecule has 1 unspecified atom stereocenters. The van der Waals surface area contributed by atoms with E-state index >= 15 is 0 Å². The van der Waals surface area contributed by atoms with Crippen molar-refractivity contribution in [1.82, 2.24) is 4.90 Å². The summed E-state index contributed by atoms with van der Waals surface area (Å²) in [5.74, 6) is 0. The molecule has 122 valence electrons. The maximum Gasteiger partial charge on any atom is 0.410 e. The average Bonchev–Trinajstić information content (AvgIpc) is 2.78. The lowest BCUT2D eigenvalue weighted by atomic mass is 10.1. The van der Waals surface area contributed by atoms with Crippen LogP contribution in [0.5, 0.6) is 0 Å². The van der Waals surface area contributed by atoms with E-state index in [0.29, 0.717) is 19.7 Å². The van der Waals surface area contributed by atoms with Gasteiger partial charge in [-0.2, -0.15) is 0 Å². The van der Waals surface area contributed by atoms with Gasteiger partial charge in [0.2, 0.25) is 0 Å². The van der Waals surface area contributed by atoms with Gasteiger partial charge in [0.1, 0.15) is 5.60 Å². The zero-order chi connectivity index (χ0) is 16.4. The molecule has 0 bridgehead atoms. The monoisotopic (exact) mass is 305 g/mol. The van der Waals surface area contributed by atoms with Gasteiger partial charge in [-0.15, -0.1) is 0 Å². The SMILES string of the molecule is Cc1cccc(COC2(C)CCN(C(=O)OC(C)(C)C)C2)c1. The third-order valence-electron chi connectivity index (χ3n) is 3.76. The normalized spacial score (nSPS) is 22.0. The molecule has 4 nitrogen and oxygen atoms in total. The molecular weight excluding hydrogens is 278 g/mol. The number of rotatable bonds is 3. The van der Waals surface area contributed by atoms with Crippen molar-refractivity contribution in [2.75, 3.05) is 13.1 Å². The molecule has 0 saturated carbocycles. The summed E-state index contributed by atoms with van der Waals surface area (Å²) in [5.41, 5.74) is 1.63. The first-order chi connectivity index (χ1) is 10.2. The van der Waals surface area contributed by atoms with Crippen molar-refractivity contribution in [2.45, 2.75) is 58.8 Å². The number of carbonyl (C=O) groups excluding carboxylic acids is 1. The van der Waals surface area contributed by atoms with Gasteiger partial charge in [0.05, 0.1) is 18.8 Å². The van der Waals surface area contributed by atoms with Gasteiger partial charge in [-0.25, -0.2) is 4.79 Å². The van der Waals surface area contributed by atoms with Gasteiger partial charge < -0.3 is 14.4 Å². The van der Waals surface area contributed by atoms with Crippen LogP contribution in [0.2, 0.25) is 0 Å². The van der Waals surface area contributed by atoms with Crippen LogP contribution in [0.4, 0.5) is 4.79 Å². The van der Waals surface area contributed by atoms with Gasteiger partial charge in [-0.1, -0.05) is 29.8 Å². The fourth-order valence-corrected chi connectivity index (χ4v) is 2.59. The minimum Gasteiger partial charge on any atom is -0.444 e. The number of nitrogens with zero attached hydrogens (tertiary/aromatic N) is 1.